The molecule has 3 rings (SSSR count). The molecule has 1 aliphatic carbocycles. The van der Waals surface area contributed by atoms with E-state index in [0.717, 1.165) is 66.6 Å². The van der Waals surface area contributed by atoms with E-state index < -0.39 is 6.23 Å². The number of benzene rings is 2. The highest BCUT2D eigenvalue weighted by atomic mass is 35.5. The van der Waals surface area contributed by atoms with E-state index in [-0.39, 0.29) is 12.0 Å². The molecule has 2 unspecified atom stereocenters. The molecule has 43 heavy (non-hydrogen) atoms. The zero-order valence-corrected chi connectivity index (χ0v) is 27.5. The van der Waals surface area contributed by atoms with Crippen molar-refractivity contribution in [2.24, 2.45) is 5.92 Å². The molecule has 236 valence electrons. The van der Waals surface area contributed by atoms with Crippen LogP contribution in [0.5, 0.6) is 11.5 Å². The summed E-state index contributed by atoms with van der Waals surface area (Å²) in [6.07, 6.45) is 18.2. The van der Waals surface area contributed by atoms with E-state index in [1.54, 1.807) is 7.11 Å². The molecule has 0 saturated heterocycles. The number of methoxy groups -OCH3 is 1. The van der Waals surface area contributed by atoms with Crippen molar-refractivity contribution in [1.82, 2.24) is 10.2 Å². The van der Waals surface area contributed by atoms with Gasteiger partial charge in [0.25, 0.3) is 0 Å². The number of rotatable bonds is 20. The van der Waals surface area contributed by atoms with Gasteiger partial charge in [0.2, 0.25) is 0 Å². The highest BCUT2D eigenvalue weighted by Crippen LogP contribution is 2.29. The minimum absolute atomic E-state index is 0.0119. The minimum atomic E-state index is -0.520. The number of halogens is 1. The van der Waals surface area contributed by atoms with Crippen LogP contribution in [-0.2, 0) is 0 Å². The molecule has 0 heterocycles. The van der Waals surface area contributed by atoms with E-state index >= 15 is 0 Å². The quantitative estimate of drug-likeness (QED) is 0.116. The SMILES string of the molecule is CCCCN(CCCCCC(Oc1ccc(OC)cc1)c1ccc(Cl)cc1)CCCC1=CC=CC(NC(O)C(C)C)=CC1. The summed E-state index contributed by atoms with van der Waals surface area (Å²) in [5.41, 5.74) is 3.61. The van der Waals surface area contributed by atoms with Gasteiger partial charge in [-0.15, -0.1) is 0 Å². The van der Waals surface area contributed by atoms with Gasteiger partial charge in [-0.1, -0.05) is 81.1 Å². The van der Waals surface area contributed by atoms with Crippen molar-refractivity contribution < 1.29 is 14.6 Å². The lowest BCUT2D eigenvalue weighted by atomic mass is 10.0. The third-order valence-electron chi connectivity index (χ3n) is 7.96. The van der Waals surface area contributed by atoms with Gasteiger partial charge in [0.15, 0.2) is 0 Å². The molecule has 0 aliphatic heterocycles. The third kappa shape index (κ3) is 13.2. The number of ether oxygens (including phenoxy) is 2. The van der Waals surface area contributed by atoms with Crippen molar-refractivity contribution in [1.29, 1.82) is 0 Å². The Morgan fingerprint density at radius 2 is 1.60 bits per heavy atom. The summed E-state index contributed by atoms with van der Waals surface area (Å²) in [5, 5.41) is 14.1. The Bertz CT molecular complexity index is 1140. The third-order valence-corrected chi connectivity index (χ3v) is 8.21. The molecular weight excluding hydrogens is 556 g/mol. The Morgan fingerprint density at radius 3 is 2.30 bits per heavy atom. The van der Waals surface area contributed by atoms with Gasteiger partial charge >= 0.3 is 0 Å². The Balaban J connectivity index is 1.44. The van der Waals surface area contributed by atoms with E-state index in [0.29, 0.717) is 0 Å². The number of aliphatic hydroxyl groups excluding tert-OH is 1. The van der Waals surface area contributed by atoms with Crippen LogP contribution in [0, 0.1) is 5.92 Å². The average Bonchev–Trinajstić information content (AvgIpc) is 3.24. The zero-order chi connectivity index (χ0) is 30.9. The molecule has 0 bridgehead atoms. The molecule has 0 amide bonds. The summed E-state index contributed by atoms with van der Waals surface area (Å²) in [6, 6.07) is 15.8. The first kappa shape index (κ1) is 34.8. The second-order valence-electron chi connectivity index (χ2n) is 11.9. The van der Waals surface area contributed by atoms with E-state index in [2.05, 4.69) is 53.6 Å². The lowest BCUT2D eigenvalue weighted by Crippen LogP contribution is -2.32. The van der Waals surface area contributed by atoms with Crippen molar-refractivity contribution in [3.05, 3.63) is 94.7 Å². The lowest BCUT2D eigenvalue weighted by molar-refractivity contribution is 0.102. The van der Waals surface area contributed by atoms with Crippen LogP contribution in [0.25, 0.3) is 0 Å². The molecule has 1 aliphatic rings. The van der Waals surface area contributed by atoms with Gasteiger partial charge in [0, 0.05) is 10.7 Å². The normalized spacial score (nSPS) is 14.7. The smallest absolute Gasteiger partial charge is 0.126 e. The van der Waals surface area contributed by atoms with Crippen LogP contribution < -0.4 is 14.8 Å². The molecular formula is C37H53ClN2O3. The van der Waals surface area contributed by atoms with Crippen LogP contribution in [0.2, 0.25) is 5.02 Å². The van der Waals surface area contributed by atoms with Crippen LogP contribution in [0.15, 0.2) is 84.1 Å². The van der Waals surface area contributed by atoms with Gasteiger partial charge in [-0.25, -0.2) is 0 Å². The molecule has 2 N–H and O–H groups in total. The molecule has 2 atom stereocenters. The summed E-state index contributed by atoms with van der Waals surface area (Å²) in [4.78, 5) is 2.66. The average molecular weight is 609 g/mol. The van der Waals surface area contributed by atoms with Gasteiger partial charge in [-0.3, -0.25) is 0 Å². The van der Waals surface area contributed by atoms with E-state index in [4.69, 9.17) is 21.1 Å². The van der Waals surface area contributed by atoms with Gasteiger partial charge in [-0.2, -0.15) is 0 Å². The van der Waals surface area contributed by atoms with E-state index in [1.165, 1.54) is 44.2 Å². The number of nitrogens with one attached hydrogen (secondary N) is 1. The van der Waals surface area contributed by atoms with Crippen LogP contribution >= 0.6 is 11.6 Å². The van der Waals surface area contributed by atoms with Gasteiger partial charge < -0.3 is 24.8 Å². The van der Waals surface area contributed by atoms with Crippen molar-refractivity contribution in [2.75, 3.05) is 26.7 Å². The highest BCUT2D eigenvalue weighted by Gasteiger charge is 2.15. The Labute approximate surface area is 265 Å². The van der Waals surface area contributed by atoms with Crippen molar-refractivity contribution in [2.45, 2.75) is 90.9 Å². The zero-order valence-electron chi connectivity index (χ0n) is 26.7. The fourth-order valence-corrected chi connectivity index (χ4v) is 5.30. The second kappa shape index (κ2) is 19.5. The van der Waals surface area contributed by atoms with Crippen molar-refractivity contribution in [3.63, 3.8) is 0 Å². The van der Waals surface area contributed by atoms with Crippen LogP contribution in [0.3, 0.4) is 0 Å². The predicted octanol–water partition coefficient (Wildman–Crippen LogP) is 9.25. The van der Waals surface area contributed by atoms with Crippen LogP contribution in [0.4, 0.5) is 0 Å². The standard InChI is InChI=1S/C37H53ClN2O3/c1-5-6-26-40(28-11-13-30-12-10-14-33(21-16-30)39-37(41)29(2)3)27-9-7-8-15-36(31-17-19-32(38)20-18-31)43-35-24-22-34(42-4)23-25-35/h10,12,14,17-25,29,36-37,39,41H,5-9,11,13,15-16,26-28H2,1-4H3. The predicted molar refractivity (Wildman–Crippen MR) is 181 cm³/mol. The van der Waals surface area contributed by atoms with Crippen molar-refractivity contribution in [3.8, 4) is 11.5 Å². The number of aliphatic hydroxyl groups is 1. The second-order valence-corrected chi connectivity index (χ2v) is 12.3. The number of hydrogen-bond acceptors (Lipinski definition) is 5. The Kier molecular flexibility index (Phi) is 15.8. The first-order valence-electron chi connectivity index (χ1n) is 16.2. The maximum Gasteiger partial charge on any atom is 0.126 e. The molecule has 0 fully saturated rings. The molecule has 0 radical (unpaired) electrons. The summed E-state index contributed by atoms with van der Waals surface area (Å²) in [6.45, 7) is 9.76. The van der Waals surface area contributed by atoms with E-state index in [1.807, 2.05) is 50.2 Å². The summed E-state index contributed by atoms with van der Waals surface area (Å²) in [7, 11) is 1.68. The lowest BCUT2D eigenvalue weighted by Gasteiger charge is -2.23. The first-order valence-corrected chi connectivity index (χ1v) is 16.5. The summed E-state index contributed by atoms with van der Waals surface area (Å²) in [5.74, 6) is 1.85. The molecule has 0 saturated carbocycles. The fraction of sp³-hybridized carbons (Fsp3) is 0.514. The maximum atomic E-state index is 10.2. The molecule has 2 aromatic rings. The molecule has 5 nitrogen and oxygen atoms in total. The maximum absolute atomic E-state index is 10.2. The highest BCUT2D eigenvalue weighted by molar-refractivity contribution is 6.30. The molecule has 0 spiro atoms. The summed E-state index contributed by atoms with van der Waals surface area (Å²) < 4.78 is 11.7. The van der Waals surface area contributed by atoms with Crippen LogP contribution in [0.1, 0.15) is 90.2 Å². The van der Waals surface area contributed by atoms with Gasteiger partial charge in [-0.05, 0) is 119 Å². The largest absolute Gasteiger partial charge is 0.497 e. The molecule has 0 aromatic heterocycles. The number of nitrogens with zero attached hydrogens (tertiary/aromatic N) is 1. The van der Waals surface area contributed by atoms with Gasteiger partial charge in [0.05, 0.1) is 7.11 Å². The monoisotopic (exact) mass is 608 g/mol. The summed E-state index contributed by atoms with van der Waals surface area (Å²) >= 11 is 6.16. The van der Waals surface area contributed by atoms with Crippen LogP contribution in [-0.4, -0.2) is 43.0 Å². The fourth-order valence-electron chi connectivity index (χ4n) is 5.17. The Hall–Kier alpha value is -2.73. The molecule has 6 heteroatoms. The number of hydrogen-bond donors (Lipinski definition) is 2. The van der Waals surface area contributed by atoms with Crippen molar-refractivity contribution >= 4 is 11.6 Å². The number of allylic oxidation sites excluding steroid dienone is 5. The molecule has 2 aromatic carbocycles. The Morgan fingerprint density at radius 1 is 0.907 bits per heavy atom. The minimum Gasteiger partial charge on any atom is -0.497 e. The number of unbranched alkanes of at least 4 members (excludes halogenated alkanes) is 3. The first-order chi connectivity index (χ1) is 20.9. The topological polar surface area (TPSA) is 54.0 Å². The van der Waals surface area contributed by atoms with Gasteiger partial charge in [0.1, 0.15) is 23.8 Å². The van der Waals surface area contributed by atoms with E-state index in [9.17, 15) is 5.11 Å².